The first-order chi connectivity index (χ1) is 10.1. The highest BCUT2D eigenvalue weighted by Crippen LogP contribution is 2.31. The van der Waals surface area contributed by atoms with Crippen molar-refractivity contribution in [2.75, 3.05) is 17.2 Å². The van der Waals surface area contributed by atoms with Gasteiger partial charge in [-0.05, 0) is 18.6 Å². The van der Waals surface area contributed by atoms with E-state index in [1.165, 1.54) is 6.33 Å². The van der Waals surface area contributed by atoms with E-state index in [-0.39, 0.29) is 17.3 Å². The maximum atomic E-state index is 11.3. The molecule has 0 aliphatic rings. The Hall–Kier alpha value is -3.03. The predicted molar refractivity (Wildman–Crippen MR) is 79.6 cm³/mol. The van der Waals surface area contributed by atoms with Gasteiger partial charge in [0.25, 0.3) is 0 Å². The third kappa shape index (κ3) is 3.30. The third-order valence-electron chi connectivity index (χ3n) is 2.66. The molecule has 0 aliphatic heterocycles. The van der Waals surface area contributed by atoms with Crippen LogP contribution in [0.3, 0.4) is 0 Å². The summed E-state index contributed by atoms with van der Waals surface area (Å²) >= 11 is 0. The van der Waals surface area contributed by atoms with Gasteiger partial charge in [-0.2, -0.15) is 0 Å². The van der Waals surface area contributed by atoms with Gasteiger partial charge in [0.15, 0.2) is 0 Å². The summed E-state index contributed by atoms with van der Waals surface area (Å²) in [5, 5.41) is 17.0. The molecule has 2 N–H and O–H groups in total. The molecule has 8 heteroatoms. The summed E-state index contributed by atoms with van der Waals surface area (Å²) in [6, 6.07) is 3.63. The van der Waals surface area contributed by atoms with Crippen molar-refractivity contribution in [2.45, 2.75) is 6.92 Å². The molecule has 0 radical (unpaired) electrons. The van der Waals surface area contributed by atoms with Gasteiger partial charge in [-0.15, -0.1) is 6.58 Å². The van der Waals surface area contributed by atoms with Crippen LogP contribution >= 0.6 is 0 Å². The van der Waals surface area contributed by atoms with Crippen LogP contribution in [-0.2, 0) is 0 Å². The fourth-order valence-corrected chi connectivity index (χ4v) is 1.67. The maximum Gasteiger partial charge on any atom is 0.353 e. The molecule has 21 heavy (non-hydrogen) atoms. The second-order valence-corrected chi connectivity index (χ2v) is 4.14. The summed E-state index contributed by atoms with van der Waals surface area (Å²) in [4.78, 5) is 22.7. The van der Waals surface area contributed by atoms with Crippen molar-refractivity contribution in [2.24, 2.45) is 0 Å². The molecule has 0 aliphatic carbocycles. The molecule has 0 saturated carbocycles. The Labute approximate surface area is 121 Å². The number of aryl methyl sites for hydroxylation is 1. The Bertz CT molecular complexity index is 673. The minimum Gasteiger partial charge on any atom is -0.361 e. The van der Waals surface area contributed by atoms with Crippen molar-refractivity contribution in [3.05, 3.63) is 53.0 Å². The van der Waals surface area contributed by atoms with Crippen LogP contribution in [0.5, 0.6) is 0 Å². The second kappa shape index (κ2) is 6.42. The van der Waals surface area contributed by atoms with E-state index >= 15 is 0 Å². The predicted octanol–water partition coefficient (Wildman–Crippen LogP) is 2.43. The van der Waals surface area contributed by atoms with Gasteiger partial charge in [0, 0.05) is 12.7 Å². The number of nitrogens with one attached hydrogen (secondary N) is 2. The fraction of sp³-hybridized carbons (Fsp3) is 0.154. The molecule has 108 valence electrons. The van der Waals surface area contributed by atoms with Crippen LogP contribution in [0.1, 0.15) is 5.56 Å². The lowest BCUT2D eigenvalue weighted by atomic mass is 10.3. The Morgan fingerprint density at radius 2 is 2.10 bits per heavy atom. The van der Waals surface area contributed by atoms with Gasteiger partial charge >= 0.3 is 5.69 Å². The van der Waals surface area contributed by atoms with E-state index in [1.807, 2.05) is 13.0 Å². The van der Waals surface area contributed by atoms with Gasteiger partial charge in [0.1, 0.15) is 12.1 Å². The Kier molecular flexibility index (Phi) is 4.39. The molecule has 2 aromatic heterocycles. The largest absolute Gasteiger partial charge is 0.361 e. The minimum atomic E-state index is -0.536. The fourth-order valence-electron chi connectivity index (χ4n) is 1.67. The molecule has 2 rings (SSSR count). The van der Waals surface area contributed by atoms with Gasteiger partial charge in [-0.25, -0.2) is 15.0 Å². The van der Waals surface area contributed by atoms with E-state index in [2.05, 4.69) is 32.2 Å². The first-order valence-corrected chi connectivity index (χ1v) is 6.16. The highest BCUT2D eigenvalue weighted by molar-refractivity contribution is 5.73. The van der Waals surface area contributed by atoms with Crippen LogP contribution in [0.2, 0.25) is 0 Å². The van der Waals surface area contributed by atoms with Crippen LogP contribution in [0.15, 0.2) is 37.3 Å². The molecule has 0 spiro atoms. The summed E-state index contributed by atoms with van der Waals surface area (Å²) in [5.74, 6) is 0.725. The summed E-state index contributed by atoms with van der Waals surface area (Å²) in [6.07, 6.45) is 4.43. The van der Waals surface area contributed by atoms with Crippen LogP contribution in [0.4, 0.5) is 23.1 Å². The van der Waals surface area contributed by atoms with Crippen molar-refractivity contribution in [1.82, 2.24) is 15.0 Å². The summed E-state index contributed by atoms with van der Waals surface area (Å²) in [5.41, 5.74) is 0.621. The molecular weight excluding hydrogens is 272 g/mol. The molecule has 0 amide bonds. The van der Waals surface area contributed by atoms with Crippen molar-refractivity contribution in [3.8, 4) is 0 Å². The van der Waals surface area contributed by atoms with E-state index < -0.39 is 4.92 Å². The topological polar surface area (TPSA) is 106 Å². The Balaban J connectivity index is 2.41. The van der Waals surface area contributed by atoms with E-state index in [1.54, 1.807) is 18.3 Å². The zero-order valence-corrected chi connectivity index (χ0v) is 11.4. The normalized spacial score (nSPS) is 9.95. The Morgan fingerprint density at radius 1 is 1.33 bits per heavy atom. The highest BCUT2D eigenvalue weighted by Gasteiger charge is 2.23. The lowest BCUT2D eigenvalue weighted by Gasteiger charge is -2.09. The SMILES string of the molecule is C=CCNc1ncnc(Nc2ncccc2C)c1[N+](=O)[O-]. The van der Waals surface area contributed by atoms with E-state index in [0.717, 1.165) is 5.56 Å². The number of nitro groups is 1. The average molecular weight is 286 g/mol. The maximum absolute atomic E-state index is 11.3. The number of anilines is 3. The van der Waals surface area contributed by atoms with E-state index in [9.17, 15) is 10.1 Å². The molecule has 2 heterocycles. The minimum absolute atomic E-state index is 0.0864. The van der Waals surface area contributed by atoms with Gasteiger partial charge in [-0.3, -0.25) is 10.1 Å². The number of nitrogens with zero attached hydrogens (tertiary/aromatic N) is 4. The summed E-state index contributed by atoms with van der Waals surface area (Å²) in [6.45, 7) is 5.76. The molecule has 0 aromatic carbocycles. The third-order valence-corrected chi connectivity index (χ3v) is 2.66. The van der Waals surface area contributed by atoms with E-state index in [0.29, 0.717) is 12.4 Å². The molecule has 0 unspecified atom stereocenters. The van der Waals surface area contributed by atoms with Crippen LogP contribution in [0.25, 0.3) is 0 Å². The van der Waals surface area contributed by atoms with Crippen LogP contribution in [-0.4, -0.2) is 26.4 Å². The second-order valence-electron chi connectivity index (χ2n) is 4.14. The molecule has 2 aromatic rings. The van der Waals surface area contributed by atoms with Crippen LogP contribution < -0.4 is 10.6 Å². The monoisotopic (exact) mass is 286 g/mol. The summed E-state index contributed by atoms with van der Waals surface area (Å²) in [7, 11) is 0. The molecule has 0 fully saturated rings. The first kappa shape index (κ1) is 14.4. The summed E-state index contributed by atoms with van der Waals surface area (Å²) < 4.78 is 0. The van der Waals surface area contributed by atoms with Gasteiger partial charge in [0.2, 0.25) is 11.6 Å². The van der Waals surface area contributed by atoms with Crippen molar-refractivity contribution in [3.63, 3.8) is 0 Å². The molecule has 0 atom stereocenters. The first-order valence-electron chi connectivity index (χ1n) is 6.16. The number of hydrogen-bond acceptors (Lipinski definition) is 7. The van der Waals surface area contributed by atoms with Gasteiger partial charge in [0.05, 0.1) is 4.92 Å². The number of hydrogen-bond donors (Lipinski definition) is 2. The molecule has 0 saturated heterocycles. The van der Waals surface area contributed by atoms with Gasteiger partial charge < -0.3 is 10.6 Å². The van der Waals surface area contributed by atoms with Crippen molar-refractivity contribution < 1.29 is 4.92 Å². The van der Waals surface area contributed by atoms with Crippen LogP contribution in [0, 0.1) is 17.0 Å². The Morgan fingerprint density at radius 3 is 2.76 bits per heavy atom. The van der Waals surface area contributed by atoms with Crippen molar-refractivity contribution in [1.29, 1.82) is 0 Å². The zero-order valence-electron chi connectivity index (χ0n) is 11.4. The molecule has 0 bridgehead atoms. The highest BCUT2D eigenvalue weighted by atomic mass is 16.6. The lowest BCUT2D eigenvalue weighted by molar-refractivity contribution is -0.383. The molecule has 8 nitrogen and oxygen atoms in total. The standard InChI is InChI=1S/C13H14N6O2/c1-3-6-14-12-10(19(20)21)13(17-8-16-12)18-11-9(2)5-4-7-15-11/h3-5,7-8H,1,6H2,2H3,(H2,14,15,16,17,18). The quantitative estimate of drug-likeness (QED) is 0.477. The van der Waals surface area contributed by atoms with Gasteiger partial charge in [-0.1, -0.05) is 12.1 Å². The zero-order chi connectivity index (χ0) is 15.2. The molecular formula is C13H14N6O2. The number of rotatable bonds is 6. The smallest absolute Gasteiger partial charge is 0.353 e. The lowest BCUT2D eigenvalue weighted by Crippen LogP contribution is -2.08. The van der Waals surface area contributed by atoms with Crippen molar-refractivity contribution >= 4 is 23.1 Å². The number of pyridine rings is 1. The average Bonchev–Trinajstić information content (AvgIpc) is 2.47. The number of aromatic nitrogens is 3. The van der Waals surface area contributed by atoms with E-state index in [4.69, 9.17) is 0 Å².